The normalized spacial score (nSPS) is 26.5. The van der Waals surface area contributed by atoms with Gasteiger partial charge in [-0.05, 0) is 38.8 Å². The summed E-state index contributed by atoms with van der Waals surface area (Å²) in [6.45, 7) is 6.79. The fourth-order valence-electron chi connectivity index (χ4n) is 3.50. The lowest BCUT2D eigenvalue weighted by molar-refractivity contribution is -0.137. The highest BCUT2D eigenvalue weighted by Gasteiger charge is 2.34. The van der Waals surface area contributed by atoms with Crippen LogP contribution in [0.25, 0.3) is 0 Å². The van der Waals surface area contributed by atoms with E-state index in [9.17, 15) is 4.79 Å². The SMILES string of the molecule is Cc1cc(C)cc(CC(=O)C2CN3CCCC3CO2)c1. The first-order valence-electron chi connectivity index (χ1n) is 7.57. The Balaban J connectivity index is 1.64. The molecule has 0 radical (unpaired) electrons. The van der Waals surface area contributed by atoms with Crippen LogP contribution in [0, 0.1) is 13.8 Å². The van der Waals surface area contributed by atoms with Gasteiger partial charge in [0.2, 0.25) is 0 Å². The van der Waals surface area contributed by atoms with Gasteiger partial charge in [0.25, 0.3) is 0 Å². The van der Waals surface area contributed by atoms with Crippen LogP contribution in [-0.4, -0.2) is 42.5 Å². The van der Waals surface area contributed by atoms with Crippen molar-refractivity contribution in [2.24, 2.45) is 0 Å². The number of hydrogen-bond donors (Lipinski definition) is 0. The van der Waals surface area contributed by atoms with Crippen molar-refractivity contribution >= 4 is 5.78 Å². The van der Waals surface area contributed by atoms with Crippen molar-refractivity contribution in [3.05, 3.63) is 34.9 Å². The van der Waals surface area contributed by atoms with Crippen LogP contribution in [0.5, 0.6) is 0 Å². The Labute approximate surface area is 120 Å². The van der Waals surface area contributed by atoms with Gasteiger partial charge in [-0.3, -0.25) is 9.69 Å². The summed E-state index contributed by atoms with van der Waals surface area (Å²) in [7, 11) is 0. The molecule has 108 valence electrons. The van der Waals surface area contributed by atoms with Gasteiger partial charge in [-0.1, -0.05) is 29.3 Å². The van der Waals surface area contributed by atoms with Gasteiger partial charge < -0.3 is 4.74 Å². The smallest absolute Gasteiger partial charge is 0.167 e. The van der Waals surface area contributed by atoms with Crippen LogP contribution in [0.15, 0.2) is 18.2 Å². The van der Waals surface area contributed by atoms with Crippen molar-refractivity contribution in [3.8, 4) is 0 Å². The van der Waals surface area contributed by atoms with Crippen LogP contribution >= 0.6 is 0 Å². The first-order chi connectivity index (χ1) is 9.61. The van der Waals surface area contributed by atoms with Crippen molar-refractivity contribution in [2.75, 3.05) is 19.7 Å². The standard InChI is InChI=1S/C17H23NO2/c1-12-6-13(2)8-14(7-12)9-16(19)17-10-18-5-3-4-15(18)11-20-17/h6-8,15,17H,3-5,9-11H2,1-2H3. The molecule has 2 saturated heterocycles. The van der Waals surface area contributed by atoms with Crippen LogP contribution in [0.1, 0.15) is 29.5 Å². The van der Waals surface area contributed by atoms with E-state index in [0.29, 0.717) is 12.5 Å². The summed E-state index contributed by atoms with van der Waals surface area (Å²) < 4.78 is 5.80. The number of nitrogens with zero attached hydrogens (tertiary/aromatic N) is 1. The third-order valence-electron chi connectivity index (χ3n) is 4.41. The van der Waals surface area contributed by atoms with Gasteiger partial charge >= 0.3 is 0 Å². The van der Waals surface area contributed by atoms with Crippen LogP contribution in [-0.2, 0) is 16.0 Å². The lowest BCUT2D eigenvalue weighted by Crippen LogP contribution is -2.49. The molecule has 20 heavy (non-hydrogen) atoms. The zero-order chi connectivity index (χ0) is 14.1. The van der Waals surface area contributed by atoms with E-state index in [1.807, 2.05) is 0 Å². The van der Waals surface area contributed by atoms with Crippen molar-refractivity contribution < 1.29 is 9.53 Å². The fraction of sp³-hybridized carbons (Fsp3) is 0.588. The number of Topliss-reactive ketones (excluding diaryl/α,β-unsaturated/α-hetero) is 1. The average Bonchev–Trinajstić information content (AvgIpc) is 2.84. The summed E-state index contributed by atoms with van der Waals surface area (Å²) in [5.41, 5.74) is 3.55. The zero-order valence-electron chi connectivity index (χ0n) is 12.4. The minimum absolute atomic E-state index is 0.223. The Kier molecular flexibility index (Phi) is 3.90. The zero-order valence-corrected chi connectivity index (χ0v) is 12.4. The number of hydrogen-bond acceptors (Lipinski definition) is 3. The molecule has 3 heteroatoms. The van der Waals surface area contributed by atoms with Gasteiger partial charge in [0.05, 0.1) is 6.61 Å². The molecular formula is C17H23NO2. The molecule has 2 fully saturated rings. The highest BCUT2D eigenvalue weighted by Crippen LogP contribution is 2.23. The van der Waals surface area contributed by atoms with E-state index in [1.54, 1.807) is 0 Å². The molecule has 2 aliphatic rings. The molecule has 0 N–H and O–H groups in total. The Morgan fingerprint density at radius 1 is 1.30 bits per heavy atom. The molecule has 0 bridgehead atoms. The van der Waals surface area contributed by atoms with Crippen LogP contribution in [0.4, 0.5) is 0 Å². The van der Waals surface area contributed by atoms with Gasteiger partial charge in [-0.2, -0.15) is 0 Å². The third-order valence-corrected chi connectivity index (χ3v) is 4.41. The van der Waals surface area contributed by atoms with Crippen LogP contribution < -0.4 is 0 Å². The molecule has 2 unspecified atom stereocenters. The van der Waals surface area contributed by atoms with Crippen molar-refractivity contribution in [1.82, 2.24) is 4.90 Å². The van der Waals surface area contributed by atoms with Crippen molar-refractivity contribution in [1.29, 1.82) is 0 Å². The minimum Gasteiger partial charge on any atom is -0.367 e. The van der Waals surface area contributed by atoms with E-state index in [2.05, 4.69) is 36.9 Å². The number of rotatable bonds is 3. The molecule has 3 nitrogen and oxygen atoms in total. The van der Waals surface area contributed by atoms with E-state index >= 15 is 0 Å². The molecule has 0 spiro atoms. The quantitative estimate of drug-likeness (QED) is 0.846. The molecule has 1 aromatic carbocycles. The van der Waals surface area contributed by atoms with E-state index in [-0.39, 0.29) is 11.9 Å². The predicted octanol–water partition coefficient (Wildman–Crippen LogP) is 2.28. The van der Waals surface area contributed by atoms with Gasteiger partial charge in [0, 0.05) is 19.0 Å². The molecule has 0 amide bonds. The van der Waals surface area contributed by atoms with E-state index < -0.39 is 0 Å². The fourth-order valence-corrected chi connectivity index (χ4v) is 3.50. The summed E-state index contributed by atoms with van der Waals surface area (Å²) in [5.74, 6) is 0.223. The first-order valence-corrected chi connectivity index (χ1v) is 7.57. The number of benzene rings is 1. The molecule has 1 aromatic rings. The molecule has 2 atom stereocenters. The molecular weight excluding hydrogens is 250 g/mol. The monoisotopic (exact) mass is 273 g/mol. The van der Waals surface area contributed by atoms with E-state index in [4.69, 9.17) is 4.74 Å². The third kappa shape index (κ3) is 2.94. The minimum atomic E-state index is -0.231. The molecule has 0 aliphatic carbocycles. The van der Waals surface area contributed by atoms with E-state index in [1.165, 1.54) is 24.0 Å². The number of carbonyl (C=O) groups excluding carboxylic acids is 1. The summed E-state index contributed by atoms with van der Waals surface area (Å²) in [6.07, 6.45) is 2.72. The topological polar surface area (TPSA) is 29.5 Å². The maximum Gasteiger partial charge on any atom is 0.167 e. The number of ether oxygens (including phenoxy) is 1. The molecule has 0 saturated carbocycles. The number of ketones is 1. The maximum atomic E-state index is 12.4. The first kappa shape index (κ1) is 13.8. The predicted molar refractivity (Wildman–Crippen MR) is 79.0 cm³/mol. The van der Waals surface area contributed by atoms with Crippen LogP contribution in [0.3, 0.4) is 0 Å². The Morgan fingerprint density at radius 3 is 2.80 bits per heavy atom. The Bertz CT molecular complexity index is 491. The summed E-state index contributed by atoms with van der Waals surface area (Å²) in [5, 5.41) is 0. The average molecular weight is 273 g/mol. The maximum absolute atomic E-state index is 12.4. The molecule has 0 aromatic heterocycles. The molecule has 2 aliphatic heterocycles. The van der Waals surface area contributed by atoms with E-state index in [0.717, 1.165) is 25.3 Å². The number of morpholine rings is 1. The Hall–Kier alpha value is -1.19. The summed E-state index contributed by atoms with van der Waals surface area (Å²) in [4.78, 5) is 14.9. The number of fused-ring (bicyclic) bond motifs is 1. The van der Waals surface area contributed by atoms with Crippen molar-refractivity contribution in [2.45, 2.75) is 45.3 Å². The largest absolute Gasteiger partial charge is 0.367 e. The Morgan fingerprint density at radius 2 is 2.05 bits per heavy atom. The number of carbonyl (C=O) groups is 1. The second-order valence-corrected chi connectivity index (χ2v) is 6.25. The summed E-state index contributed by atoms with van der Waals surface area (Å²) >= 11 is 0. The summed E-state index contributed by atoms with van der Waals surface area (Å²) in [6, 6.07) is 6.90. The lowest BCUT2D eigenvalue weighted by Gasteiger charge is -2.34. The second kappa shape index (κ2) is 5.66. The van der Waals surface area contributed by atoms with Gasteiger partial charge in [-0.25, -0.2) is 0 Å². The lowest BCUT2D eigenvalue weighted by atomic mass is 10.00. The molecule has 3 rings (SSSR count). The van der Waals surface area contributed by atoms with Gasteiger partial charge in [0.15, 0.2) is 5.78 Å². The highest BCUT2D eigenvalue weighted by molar-refractivity contribution is 5.85. The van der Waals surface area contributed by atoms with Gasteiger partial charge in [-0.15, -0.1) is 0 Å². The van der Waals surface area contributed by atoms with Crippen LogP contribution in [0.2, 0.25) is 0 Å². The highest BCUT2D eigenvalue weighted by atomic mass is 16.5. The number of aryl methyl sites for hydroxylation is 2. The second-order valence-electron chi connectivity index (χ2n) is 6.25. The molecule has 2 heterocycles. The van der Waals surface area contributed by atoms with Crippen molar-refractivity contribution in [3.63, 3.8) is 0 Å². The van der Waals surface area contributed by atoms with Gasteiger partial charge in [0.1, 0.15) is 6.10 Å².